The molecular formula is C15H19N3O3S. The van der Waals surface area contributed by atoms with E-state index in [0.717, 1.165) is 17.7 Å². The summed E-state index contributed by atoms with van der Waals surface area (Å²) >= 11 is 1.32. The Hall–Kier alpha value is -2.15. The highest BCUT2D eigenvalue weighted by atomic mass is 32.1. The molecule has 2 N–H and O–H groups in total. The molecule has 22 heavy (non-hydrogen) atoms. The Morgan fingerprint density at radius 2 is 2.14 bits per heavy atom. The van der Waals surface area contributed by atoms with E-state index in [1.54, 1.807) is 26.0 Å². The zero-order valence-electron chi connectivity index (χ0n) is 13.0. The molecular weight excluding hydrogens is 302 g/mol. The molecule has 2 rings (SSSR count). The number of carbonyl (C=O) groups excluding carboxylic acids is 2. The Morgan fingerprint density at radius 3 is 2.68 bits per heavy atom. The van der Waals surface area contributed by atoms with Crippen molar-refractivity contribution in [1.82, 2.24) is 10.5 Å². The number of hydrogen-bond acceptors (Lipinski definition) is 5. The first-order chi connectivity index (χ1) is 10.3. The van der Waals surface area contributed by atoms with Gasteiger partial charge in [0.1, 0.15) is 5.54 Å². The number of anilines is 1. The third-order valence-electron chi connectivity index (χ3n) is 3.32. The summed E-state index contributed by atoms with van der Waals surface area (Å²) in [5, 5.41) is 11.1. The van der Waals surface area contributed by atoms with Crippen molar-refractivity contribution in [2.24, 2.45) is 0 Å². The van der Waals surface area contributed by atoms with E-state index in [0.29, 0.717) is 10.8 Å². The van der Waals surface area contributed by atoms with Crippen LogP contribution in [0.25, 0.3) is 0 Å². The maximum absolute atomic E-state index is 12.4. The molecule has 0 atom stereocenters. The van der Waals surface area contributed by atoms with Crippen LogP contribution in [0.15, 0.2) is 22.0 Å². The number of nitrogens with one attached hydrogen (secondary N) is 2. The van der Waals surface area contributed by atoms with Crippen molar-refractivity contribution in [1.29, 1.82) is 0 Å². The van der Waals surface area contributed by atoms with Crippen molar-refractivity contribution in [3.8, 4) is 0 Å². The lowest BCUT2D eigenvalue weighted by Crippen LogP contribution is -2.52. The van der Waals surface area contributed by atoms with Crippen LogP contribution in [0.1, 0.15) is 41.7 Å². The molecule has 2 aromatic heterocycles. The quantitative estimate of drug-likeness (QED) is 0.887. The smallest absolute Gasteiger partial charge is 0.262 e. The maximum Gasteiger partial charge on any atom is 0.262 e. The summed E-state index contributed by atoms with van der Waals surface area (Å²) in [5.41, 5.74) is 0.527. The first-order valence-corrected chi connectivity index (χ1v) is 7.85. The molecule has 0 aliphatic rings. The van der Waals surface area contributed by atoms with Gasteiger partial charge in [0.2, 0.25) is 5.88 Å². The Bertz CT molecular complexity index is 674. The predicted octanol–water partition coefficient (Wildman–Crippen LogP) is 2.75. The average Bonchev–Trinajstić information content (AvgIpc) is 3.09. The highest BCUT2D eigenvalue weighted by Crippen LogP contribution is 2.20. The van der Waals surface area contributed by atoms with Crippen LogP contribution in [0.5, 0.6) is 0 Å². The molecule has 0 saturated carbocycles. The number of amides is 2. The zero-order valence-corrected chi connectivity index (χ0v) is 13.8. The normalized spacial score (nSPS) is 11.3. The van der Waals surface area contributed by atoms with Gasteiger partial charge >= 0.3 is 0 Å². The Kier molecular flexibility index (Phi) is 4.65. The lowest BCUT2D eigenvalue weighted by molar-refractivity contribution is -0.121. The van der Waals surface area contributed by atoms with E-state index < -0.39 is 5.54 Å². The van der Waals surface area contributed by atoms with Crippen LogP contribution in [-0.2, 0) is 11.2 Å². The third-order valence-corrected chi connectivity index (χ3v) is 4.19. The minimum absolute atomic E-state index is 0.279. The molecule has 2 heterocycles. The molecule has 118 valence electrons. The SMILES string of the molecule is CCc1noc(NC(=O)C(C)(C)NC(=O)c2cccs2)c1C. The minimum atomic E-state index is -1.08. The fourth-order valence-electron chi connectivity index (χ4n) is 1.88. The molecule has 0 saturated heterocycles. The molecule has 2 aromatic rings. The molecule has 6 nitrogen and oxygen atoms in total. The van der Waals surface area contributed by atoms with Gasteiger partial charge < -0.3 is 9.84 Å². The van der Waals surface area contributed by atoms with E-state index in [2.05, 4.69) is 15.8 Å². The minimum Gasteiger partial charge on any atom is -0.338 e. The second kappa shape index (κ2) is 6.31. The average molecular weight is 321 g/mol. The fourth-order valence-corrected chi connectivity index (χ4v) is 2.50. The van der Waals surface area contributed by atoms with Crippen LogP contribution >= 0.6 is 11.3 Å². The van der Waals surface area contributed by atoms with Crippen LogP contribution in [-0.4, -0.2) is 22.5 Å². The van der Waals surface area contributed by atoms with Crippen LogP contribution in [0.2, 0.25) is 0 Å². The van der Waals surface area contributed by atoms with Gasteiger partial charge in [0.25, 0.3) is 11.8 Å². The number of aromatic nitrogens is 1. The van der Waals surface area contributed by atoms with Gasteiger partial charge in [-0.15, -0.1) is 11.3 Å². The van der Waals surface area contributed by atoms with Gasteiger partial charge in [-0.25, -0.2) is 0 Å². The molecule has 0 aromatic carbocycles. The summed E-state index contributed by atoms with van der Waals surface area (Å²) < 4.78 is 5.14. The van der Waals surface area contributed by atoms with Crippen molar-refractivity contribution in [2.45, 2.75) is 39.7 Å². The van der Waals surface area contributed by atoms with Gasteiger partial charge in [-0.1, -0.05) is 18.1 Å². The van der Waals surface area contributed by atoms with Gasteiger partial charge in [0.15, 0.2) is 0 Å². The summed E-state index contributed by atoms with van der Waals surface area (Å²) in [6.45, 7) is 7.07. The van der Waals surface area contributed by atoms with Gasteiger partial charge in [-0.2, -0.15) is 0 Å². The highest BCUT2D eigenvalue weighted by Gasteiger charge is 2.31. The van der Waals surface area contributed by atoms with E-state index in [1.165, 1.54) is 11.3 Å². The second-order valence-electron chi connectivity index (χ2n) is 5.45. The zero-order chi connectivity index (χ0) is 16.3. The van der Waals surface area contributed by atoms with Gasteiger partial charge in [0.05, 0.1) is 10.6 Å². The molecule has 0 spiro atoms. The molecule has 2 amide bonds. The largest absolute Gasteiger partial charge is 0.338 e. The predicted molar refractivity (Wildman–Crippen MR) is 85.1 cm³/mol. The summed E-state index contributed by atoms with van der Waals surface area (Å²) in [7, 11) is 0. The van der Waals surface area contributed by atoms with Crippen molar-refractivity contribution >= 4 is 29.0 Å². The number of aryl methyl sites for hydroxylation is 1. The van der Waals surface area contributed by atoms with Crippen molar-refractivity contribution in [3.63, 3.8) is 0 Å². The Balaban J connectivity index is 2.06. The molecule has 0 bridgehead atoms. The van der Waals surface area contributed by atoms with Crippen LogP contribution in [0.4, 0.5) is 5.88 Å². The van der Waals surface area contributed by atoms with Gasteiger partial charge in [-0.05, 0) is 38.6 Å². The van der Waals surface area contributed by atoms with Crippen LogP contribution in [0.3, 0.4) is 0 Å². The number of hydrogen-bond donors (Lipinski definition) is 2. The second-order valence-corrected chi connectivity index (χ2v) is 6.40. The first-order valence-electron chi connectivity index (χ1n) is 6.97. The van der Waals surface area contributed by atoms with E-state index in [1.807, 2.05) is 19.2 Å². The molecule has 0 radical (unpaired) electrons. The lowest BCUT2D eigenvalue weighted by atomic mass is 10.0. The number of carbonyl (C=O) groups is 2. The molecule has 7 heteroatoms. The first kappa shape index (κ1) is 16.2. The summed E-state index contributed by atoms with van der Waals surface area (Å²) in [6, 6.07) is 3.50. The Labute approximate surface area is 132 Å². The van der Waals surface area contributed by atoms with Gasteiger partial charge in [0, 0.05) is 5.56 Å². The summed E-state index contributed by atoms with van der Waals surface area (Å²) in [5.74, 6) is -0.321. The number of rotatable bonds is 5. The number of thiophene rings is 1. The fraction of sp³-hybridized carbons (Fsp3) is 0.400. The van der Waals surface area contributed by atoms with Gasteiger partial charge in [-0.3, -0.25) is 14.9 Å². The van der Waals surface area contributed by atoms with Crippen LogP contribution in [0, 0.1) is 6.92 Å². The molecule has 0 aliphatic carbocycles. The highest BCUT2D eigenvalue weighted by molar-refractivity contribution is 7.12. The summed E-state index contributed by atoms with van der Waals surface area (Å²) in [6.07, 6.45) is 0.726. The van der Waals surface area contributed by atoms with E-state index in [9.17, 15) is 9.59 Å². The molecule has 0 aliphatic heterocycles. The maximum atomic E-state index is 12.4. The molecule has 0 unspecified atom stereocenters. The Morgan fingerprint density at radius 1 is 1.41 bits per heavy atom. The van der Waals surface area contributed by atoms with Crippen molar-refractivity contribution in [2.75, 3.05) is 5.32 Å². The van der Waals surface area contributed by atoms with Crippen molar-refractivity contribution < 1.29 is 14.1 Å². The third kappa shape index (κ3) is 3.36. The number of nitrogens with zero attached hydrogens (tertiary/aromatic N) is 1. The topological polar surface area (TPSA) is 84.2 Å². The van der Waals surface area contributed by atoms with Crippen molar-refractivity contribution in [3.05, 3.63) is 33.6 Å². The van der Waals surface area contributed by atoms with E-state index >= 15 is 0 Å². The monoisotopic (exact) mass is 321 g/mol. The standard InChI is InChI=1S/C15H19N3O3S/c1-5-10-9(2)13(21-18-10)16-14(20)15(3,4)17-12(19)11-7-6-8-22-11/h6-8H,5H2,1-4H3,(H,16,20)(H,17,19). The molecule has 0 fully saturated rings. The van der Waals surface area contributed by atoms with Crippen LogP contribution < -0.4 is 10.6 Å². The lowest BCUT2D eigenvalue weighted by Gasteiger charge is -2.24. The summed E-state index contributed by atoms with van der Waals surface area (Å²) in [4.78, 5) is 25.0. The van der Waals surface area contributed by atoms with E-state index in [4.69, 9.17) is 4.52 Å². The van der Waals surface area contributed by atoms with E-state index in [-0.39, 0.29) is 11.8 Å².